The zero-order valence-electron chi connectivity index (χ0n) is 13.1. The summed E-state index contributed by atoms with van der Waals surface area (Å²) in [6, 6.07) is 8.36. The molecule has 22 heavy (non-hydrogen) atoms. The van der Waals surface area contributed by atoms with E-state index in [0.29, 0.717) is 0 Å². The van der Waals surface area contributed by atoms with Crippen LogP contribution in [0.25, 0.3) is 10.1 Å². The van der Waals surface area contributed by atoms with Gasteiger partial charge in [-0.25, -0.2) is 4.79 Å². The number of aromatic nitrogens is 1. The third-order valence-corrected chi connectivity index (χ3v) is 4.38. The number of ether oxygens (including phenoxy) is 1. The summed E-state index contributed by atoms with van der Waals surface area (Å²) in [5.74, 6) is 1.02. The standard InChI is InChI=1S/C16H21N3O2S/c1-16(2,3)21-15(20)17-11-8-9-19(10-11)14-12-6-4-5-7-13(12)22-18-14/h4-7,11H,8-10H2,1-3H3,(H,17,20)/t11-/m1/s1. The Morgan fingerprint density at radius 1 is 1.41 bits per heavy atom. The minimum Gasteiger partial charge on any atom is -0.444 e. The van der Waals surface area contributed by atoms with Crippen molar-refractivity contribution in [2.45, 2.75) is 38.8 Å². The molecule has 2 aromatic rings. The van der Waals surface area contributed by atoms with Gasteiger partial charge in [-0.3, -0.25) is 0 Å². The minimum atomic E-state index is -0.465. The molecule has 1 atom stereocenters. The first-order valence-electron chi connectivity index (χ1n) is 7.51. The Morgan fingerprint density at radius 3 is 2.95 bits per heavy atom. The summed E-state index contributed by atoms with van der Waals surface area (Å²) >= 11 is 1.52. The summed E-state index contributed by atoms with van der Waals surface area (Å²) in [4.78, 5) is 14.1. The van der Waals surface area contributed by atoms with Gasteiger partial charge in [0.15, 0.2) is 0 Å². The highest BCUT2D eigenvalue weighted by atomic mass is 32.1. The molecule has 6 heteroatoms. The number of nitrogens with zero attached hydrogens (tertiary/aromatic N) is 2. The second-order valence-corrected chi connectivity index (χ2v) is 7.39. The number of hydrogen-bond acceptors (Lipinski definition) is 5. The Morgan fingerprint density at radius 2 is 2.18 bits per heavy atom. The van der Waals surface area contributed by atoms with E-state index in [4.69, 9.17) is 4.74 Å². The molecule has 118 valence electrons. The zero-order valence-corrected chi connectivity index (χ0v) is 13.9. The predicted octanol–water partition coefficient (Wildman–Crippen LogP) is 3.40. The highest BCUT2D eigenvalue weighted by Gasteiger charge is 2.28. The van der Waals surface area contributed by atoms with Gasteiger partial charge in [0, 0.05) is 18.5 Å². The average Bonchev–Trinajstić information content (AvgIpc) is 3.02. The lowest BCUT2D eigenvalue weighted by Crippen LogP contribution is -2.40. The van der Waals surface area contributed by atoms with E-state index >= 15 is 0 Å². The maximum atomic E-state index is 11.9. The lowest BCUT2D eigenvalue weighted by atomic mass is 10.2. The van der Waals surface area contributed by atoms with Crippen molar-refractivity contribution in [2.75, 3.05) is 18.0 Å². The number of alkyl carbamates (subject to hydrolysis) is 1. The van der Waals surface area contributed by atoms with Gasteiger partial charge in [-0.15, -0.1) is 0 Å². The number of fused-ring (bicyclic) bond motifs is 1. The molecular formula is C16H21N3O2S. The number of anilines is 1. The van der Waals surface area contributed by atoms with Crippen molar-refractivity contribution in [3.05, 3.63) is 24.3 Å². The van der Waals surface area contributed by atoms with Gasteiger partial charge in [-0.05, 0) is 50.9 Å². The number of carbonyl (C=O) groups excluding carboxylic acids is 1. The molecule has 3 rings (SSSR count). The lowest BCUT2D eigenvalue weighted by Gasteiger charge is -2.22. The van der Waals surface area contributed by atoms with Gasteiger partial charge in [0.2, 0.25) is 0 Å². The van der Waals surface area contributed by atoms with Crippen LogP contribution in [0.1, 0.15) is 27.2 Å². The summed E-state index contributed by atoms with van der Waals surface area (Å²) in [5, 5.41) is 4.13. The summed E-state index contributed by atoms with van der Waals surface area (Å²) < 4.78 is 11.1. The zero-order chi connectivity index (χ0) is 15.7. The number of amides is 1. The molecule has 1 fully saturated rings. The van der Waals surface area contributed by atoms with Crippen LogP contribution in [-0.2, 0) is 4.74 Å². The van der Waals surface area contributed by atoms with Gasteiger partial charge in [-0.1, -0.05) is 12.1 Å². The van der Waals surface area contributed by atoms with Crippen LogP contribution in [0.5, 0.6) is 0 Å². The van der Waals surface area contributed by atoms with Crippen LogP contribution in [0.3, 0.4) is 0 Å². The van der Waals surface area contributed by atoms with Crippen molar-refractivity contribution in [3.63, 3.8) is 0 Å². The van der Waals surface area contributed by atoms with Crippen LogP contribution in [-0.4, -0.2) is 35.2 Å². The Balaban J connectivity index is 1.64. The molecule has 1 aliphatic rings. The molecule has 0 bridgehead atoms. The van der Waals surface area contributed by atoms with Crippen LogP contribution >= 0.6 is 11.5 Å². The van der Waals surface area contributed by atoms with Crippen molar-refractivity contribution in [2.24, 2.45) is 0 Å². The highest BCUT2D eigenvalue weighted by molar-refractivity contribution is 7.13. The summed E-state index contributed by atoms with van der Waals surface area (Å²) in [6.45, 7) is 7.28. The Hall–Kier alpha value is -1.82. The molecule has 0 aliphatic carbocycles. The van der Waals surface area contributed by atoms with Crippen LogP contribution in [0.15, 0.2) is 24.3 Å². The summed E-state index contributed by atoms with van der Waals surface area (Å²) in [5.41, 5.74) is -0.465. The monoisotopic (exact) mass is 319 g/mol. The number of rotatable bonds is 2. The highest BCUT2D eigenvalue weighted by Crippen LogP contribution is 2.31. The molecule has 1 aromatic heterocycles. The molecule has 1 aromatic carbocycles. The van der Waals surface area contributed by atoms with Crippen LogP contribution < -0.4 is 10.2 Å². The van der Waals surface area contributed by atoms with Gasteiger partial charge in [0.1, 0.15) is 11.4 Å². The number of benzene rings is 1. The van der Waals surface area contributed by atoms with Gasteiger partial charge < -0.3 is 15.0 Å². The Kier molecular flexibility index (Phi) is 3.95. The number of nitrogens with one attached hydrogen (secondary N) is 1. The molecule has 1 N–H and O–H groups in total. The molecule has 2 heterocycles. The Bertz CT molecular complexity index is 677. The fourth-order valence-electron chi connectivity index (χ4n) is 2.65. The van der Waals surface area contributed by atoms with Crippen molar-refractivity contribution < 1.29 is 9.53 Å². The fourth-order valence-corrected chi connectivity index (χ4v) is 3.44. The molecular weight excluding hydrogens is 298 g/mol. The molecule has 1 aliphatic heterocycles. The second kappa shape index (κ2) is 5.76. The summed E-state index contributed by atoms with van der Waals surface area (Å²) in [7, 11) is 0. The topological polar surface area (TPSA) is 54.5 Å². The molecule has 0 spiro atoms. The second-order valence-electron chi connectivity index (χ2n) is 6.58. The third-order valence-electron chi connectivity index (χ3n) is 3.57. The van der Waals surface area contributed by atoms with Crippen molar-refractivity contribution >= 4 is 33.5 Å². The quantitative estimate of drug-likeness (QED) is 0.922. The molecule has 1 saturated heterocycles. The minimum absolute atomic E-state index is 0.107. The summed E-state index contributed by atoms with van der Waals surface area (Å²) in [6.07, 6.45) is 0.563. The van der Waals surface area contributed by atoms with Crippen LogP contribution in [0.4, 0.5) is 10.6 Å². The maximum Gasteiger partial charge on any atom is 0.407 e. The van der Waals surface area contributed by atoms with Crippen molar-refractivity contribution in [3.8, 4) is 0 Å². The normalized spacial score (nSPS) is 18.7. The first-order valence-corrected chi connectivity index (χ1v) is 8.28. The maximum absolute atomic E-state index is 11.9. The largest absolute Gasteiger partial charge is 0.444 e. The van der Waals surface area contributed by atoms with Gasteiger partial charge >= 0.3 is 6.09 Å². The van der Waals surface area contributed by atoms with E-state index in [0.717, 1.165) is 25.3 Å². The van der Waals surface area contributed by atoms with Crippen molar-refractivity contribution in [1.82, 2.24) is 9.69 Å². The third kappa shape index (κ3) is 3.32. The van der Waals surface area contributed by atoms with Gasteiger partial charge in [0.05, 0.1) is 10.7 Å². The molecule has 0 saturated carbocycles. The van der Waals surface area contributed by atoms with E-state index in [2.05, 4.69) is 26.7 Å². The van der Waals surface area contributed by atoms with E-state index in [1.807, 2.05) is 32.9 Å². The molecule has 0 unspecified atom stereocenters. The molecule has 0 radical (unpaired) electrons. The number of carbonyl (C=O) groups is 1. The van der Waals surface area contributed by atoms with E-state index in [1.165, 1.54) is 21.6 Å². The number of hydrogen-bond donors (Lipinski definition) is 1. The van der Waals surface area contributed by atoms with Gasteiger partial charge in [-0.2, -0.15) is 4.37 Å². The Labute approximate surface area is 134 Å². The SMILES string of the molecule is CC(C)(C)OC(=O)N[C@@H]1CCN(c2nsc3ccccc23)C1. The lowest BCUT2D eigenvalue weighted by molar-refractivity contribution is 0.0509. The van der Waals surface area contributed by atoms with Crippen LogP contribution in [0.2, 0.25) is 0 Å². The van der Waals surface area contributed by atoms with E-state index in [-0.39, 0.29) is 12.1 Å². The predicted molar refractivity (Wildman–Crippen MR) is 89.6 cm³/mol. The van der Waals surface area contributed by atoms with Crippen molar-refractivity contribution in [1.29, 1.82) is 0 Å². The van der Waals surface area contributed by atoms with E-state index < -0.39 is 5.60 Å². The smallest absolute Gasteiger partial charge is 0.407 e. The van der Waals surface area contributed by atoms with E-state index in [9.17, 15) is 4.79 Å². The first kappa shape index (κ1) is 15.1. The van der Waals surface area contributed by atoms with E-state index in [1.54, 1.807) is 0 Å². The molecule has 5 nitrogen and oxygen atoms in total. The molecule has 1 amide bonds. The van der Waals surface area contributed by atoms with Gasteiger partial charge in [0.25, 0.3) is 0 Å². The fraction of sp³-hybridized carbons (Fsp3) is 0.500. The van der Waals surface area contributed by atoms with Crippen LogP contribution in [0, 0.1) is 0 Å². The average molecular weight is 319 g/mol. The first-order chi connectivity index (χ1) is 10.4.